The SMILES string of the molecule is COc1ccc(NC(=O)C(=O)NCC2CCN(C3CCSC3)CC2)cc1OC. The van der Waals surface area contributed by atoms with E-state index in [1.807, 2.05) is 11.8 Å². The van der Waals surface area contributed by atoms with Crippen molar-refractivity contribution < 1.29 is 19.1 Å². The fourth-order valence-corrected chi connectivity index (χ4v) is 5.01. The van der Waals surface area contributed by atoms with Crippen molar-refractivity contribution in [3.63, 3.8) is 0 Å². The minimum Gasteiger partial charge on any atom is -0.493 e. The number of likely N-dealkylation sites (tertiary alicyclic amines) is 1. The summed E-state index contributed by atoms with van der Waals surface area (Å²) in [6, 6.07) is 5.71. The van der Waals surface area contributed by atoms with E-state index in [1.165, 1.54) is 25.0 Å². The summed E-state index contributed by atoms with van der Waals surface area (Å²) in [4.78, 5) is 26.9. The maximum Gasteiger partial charge on any atom is 0.313 e. The molecular weight excluding hydrogens is 378 g/mol. The average Bonchev–Trinajstić information content (AvgIpc) is 3.27. The third kappa shape index (κ3) is 5.32. The number of carbonyl (C=O) groups is 2. The molecule has 2 amide bonds. The fraction of sp³-hybridized carbons (Fsp3) is 0.600. The highest BCUT2D eigenvalue weighted by Crippen LogP contribution is 2.30. The molecule has 7 nitrogen and oxygen atoms in total. The van der Waals surface area contributed by atoms with Gasteiger partial charge in [-0.05, 0) is 56.2 Å². The van der Waals surface area contributed by atoms with Gasteiger partial charge < -0.3 is 20.1 Å². The monoisotopic (exact) mass is 407 g/mol. The highest BCUT2D eigenvalue weighted by atomic mass is 32.2. The van der Waals surface area contributed by atoms with E-state index >= 15 is 0 Å². The summed E-state index contributed by atoms with van der Waals surface area (Å²) in [6.07, 6.45) is 3.43. The molecule has 1 unspecified atom stereocenters. The molecule has 2 aliphatic rings. The minimum absolute atomic E-state index is 0.433. The Hall–Kier alpha value is -1.93. The van der Waals surface area contributed by atoms with E-state index in [0.717, 1.165) is 32.0 Å². The molecule has 8 heteroatoms. The van der Waals surface area contributed by atoms with E-state index in [1.54, 1.807) is 25.3 Å². The zero-order chi connectivity index (χ0) is 19.9. The average molecular weight is 408 g/mol. The van der Waals surface area contributed by atoms with Gasteiger partial charge in [-0.1, -0.05) is 0 Å². The molecule has 3 rings (SSSR count). The molecule has 2 fully saturated rings. The molecule has 1 atom stereocenters. The summed E-state index contributed by atoms with van der Waals surface area (Å²) in [6.45, 7) is 2.72. The van der Waals surface area contributed by atoms with Gasteiger partial charge in [-0.25, -0.2) is 0 Å². The van der Waals surface area contributed by atoms with Crippen molar-refractivity contribution in [2.75, 3.05) is 50.7 Å². The van der Waals surface area contributed by atoms with Crippen molar-refractivity contribution >= 4 is 29.3 Å². The van der Waals surface area contributed by atoms with Crippen LogP contribution in [0.3, 0.4) is 0 Å². The number of methoxy groups -OCH3 is 2. The standard InChI is InChI=1S/C20H29N3O4S/c1-26-17-4-3-15(11-18(17)27-2)22-20(25)19(24)21-12-14-5-8-23(9-6-14)16-7-10-28-13-16/h3-4,11,14,16H,5-10,12-13H2,1-2H3,(H,21,24)(H,22,25). The number of thioether (sulfide) groups is 1. The van der Waals surface area contributed by atoms with Gasteiger partial charge in [0, 0.05) is 30.1 Å². The van der Waals surface area contributed by atoms with Crippen LogP contribution in [-0.4, -0.2) is 68.1 Å². The molecule has 1 aromatic rings. The van der Waals surface area contributed by atoms with Crippen molar-refractivity contribution in [3.8, 4) is 11.5 Å². The number of benzene rings is 1. The first kappa shape index (κ1) is 20.8. The molecule has 2 saturated heterocycles. The molecule has 2 heterocycles. The highest BCUT2D eigenvalue weighted by molar-refractivity contribution is 7.99. The van der Waals surface area contributed by atoms with Crippen LogP contribution in [0.1, 0.15) is 19.3 Å². The number of carbonyl (C=O) groups excluding carboxylic acids is 2. The Morgan fingerprint density at radius 1 is 1.11 bits per heavy atom. The van der Waals surface area contributed by atoms with Gasteiger partial charge in [0.15, 0.2) is 11.5 Å². The van der Waals surface area contributed by atoms with Crippen LogP contribution in [0.5, 0.6) is 11.5 Å². The van der Waals surface area contributed by atoms with Crippen LogP contribution < -0.4 is 20.1 Å². The lowest BCUT2D eigenvalue weighted by molar-refractivity contribution is -0.136. The van der Waals surface area contributed by atoms with Crippen molar-refractivity contribution in [2.24, 2.45) is 5.92 Å². The Bertz CT molecular complexity index is 686. The van der Waals surface area contributed by atoms with Crippen LogP contribution >= 0.6 is 11.8 Å². The van der Waals surface area contributed by atoms with Crippen molar-refractivity contribution in [3.05, 3.63) is 18.2 Å². The van der Waals surface area contributed by atoms with Crippen LogP contribution in [0, 0.1) is 5.92 Å². The van der Waals surface area contributed by atoms with E-state index in [-0.39, 0.29) is 0 Å². The van der Waals surface area contributed by atoms with Gasteiger partial charge in [0.05, 0.1) is 14.2 Å². The molecule has 0 radical (unpaired) electrons. The molecule has 154 valence electrons. The van der Waals surface area contributed by atoms with Crippen molar-refractivity contribution in [2.45, 2.75) is 25.3 Å². The fourth-order valence-electron chi connectivity index (χ4n) is 3.75. The maximum atomic E-state index is 12.2. The number of nitrogens with zero attached hydrogens (tertiary/aromatic N) is 1. The van der Waals surface area contributed by atoms with Crippen LogP contribution in [0.25, 0.3) is 0 Å². The lowest BCUT2D eigenvalue weighted by Gasteiger charge is -2.35. The first-order valence-corrected chi connectivity index (χ1v) is 10.9. The van der Waals surface area contributed by atoms with E-state index in [0.29, 0.717) is 29.6 Å². The molecule has 0 spiro atoms. The Morgan fingerprint density at radius 2 is 1.86 bits per heavy atom. The van der Waals surface area contributed by atoms with Gasteiger partial charge >= 0.3 is 11.8 Å². The Morgan fingerprint density at radius 3 is 2.50 bits per heavy atom. The number of hydrogen-bond donors (Lipinski definition) is 2. The van der Waals surface area contributed by atoms with Crippen LogP contribution in [0.4, 0.5) is 5.69 Å². The molecule has 1 aromatic carbocycles. The third-order valence-corrected chi connectivity index (χ3v) is 6.61. The molecule has 0 bridgehead atoms. The van der Waals surface area contributed by atoms with Gasteiger partial charge in [0.1, 0.15) is 0 Å². The predicted octanol–water partition coefficient (Wildman–Crippen LogP) is 1.98. The minimum atomic E-state index is -0.673. The van der Waals surface area contributed by atoms with Gasteiger partial charge in [-0.3, -0.25) is 14.5 Å². The van der Waals surface area contributed by atoms with E-state index in [9.17, 15) is 9.59 Å². The Labute approximate surface area is 170 Å². The smallest absolute Gasteiger partial charge is 0.313 e. The highest BCUT2D eigenvalue weighted by Gasteiger charge is 2.27. The second-order valence-corrected chi connectivity index (χ2v) is 8.38. The summed E-state index contributed by atoms with van der Waals surface area (Å²) in [5, 5.41) is 5.38. The molecule has 2 aliphatic heterocycles. The van der Waals surface area contributed by atoms with Crippen LogP contribution in [0.15, 0.2) is 18.2 Å². The topological polar surface area (TPSA) is 79.9 Å². The summed E-state index contributed by atoms with van der Waals surface area (Å²) in [5.41, 5.74) is 0.487. The van der Waals surface area contributed by atoms with Gasteiger partial charge in [0.25, 0.3) is 0 Å². The quantitative estimate of drug-likeness (QED) is 0.702. The molecule has 0 aliphatic carbocycles. The molecular formula is C20H29N3O4S. The number of amides is 2. The lowest BCUT2D eigenvalue weighted by Crippen LogP contribution is -2.45. The number of anilines is 1. The zero-order valence-electron chi connectivity index (χ0n) is 16.5. The molecule has 28 heavy (non-hydrogen) atoms. The molecule has 2 N–H and O–H groups in total. The predicted molar refractivity (Wildman–Crippen MR) is 111 cm³/mol. The number of nitrogens with one attached hydrogen (secondary N) is 2. The van der Waals surface area contributed by atoms with E-state index in [4.69, 9.17) is 9.47 Å². The summed E-state index contributed by atoms with van der Waals surface area (Å²) < 4.78 is 10.4. The normalized spacial score (nSPS) is 20.6. The maximum absolute atomic E-state index is 12.2. The lowest BCUT2D eigenvalue weighted by atomic mass is 9.95. The van der Waals surface area contributed by atoms with Gasteiger partial charge in [0.2, 0.25) is 0 Å². The summed E-state index contributed by atoms with van der Waals surface area (Å²) >= 11 is 2.04. The first-order chi connectivity index (χ1) is 13.6. The zero-order valence-corrected chi connectivity index (χ0v) is 17.3. The third-order valence-electron chi connectivity index (χ3n) is 5.47. The van der Waals surface area contributed by atoms with E-state index < -0.39 is 11.8 Å². The van der Waals surface area contributed by atoms with Gasteiger partial charge in [-0.2, -0.15) is 11.8 Å². The second-order valence-electron chi connectivity index (χ2n) is 7.23. The Kier molecular flexibility index (Phi) is 7.44. The molecule has 0 saturated carbocycles. The number of hydrogen-bond acceptors (Lipinski definition) is 6. The van der Waals surface area contributed by atoms with E-state index in [2.05, 4.69) is 15.5 Å². The number of piperidine rings is 1. The summed E-state index contributed by atoms with van der Waals surface area (Å²) in [5.74, 6) is 2.73. The molecule has 0 aromatic heterocycles. The van der Waals surface area contributed by atoms with Crippen molar-refractivity contribution in [1.29, 1.82) is 0 Å². The Balaban J connectivity index is 1.42. The largest absolute Gasteiger partial charge is 0.493 e. The van der Waals surface area contributed by atoms with Crippen molar-refractivity contribution in [1.82, 2.24) is 10.2 Å². The van der Waals surface area contributed by atoms with Crippen LogP contribution in [0.2, 0.25) is 0 Å². The second kappa shape index (κ2) is 10.0. The van der Waals surface area contributed by atoms with Gasteiger partial charge in [-0.15, -0.1) is 0 Å². The number of rotatable bonds is 6. The van der Waals surface area contributed by atoms with Crippen LogP contribution in [-0.2, 0) is 9.59 Å². The summed E-state index contributed by atoms with van der Waals surface area (Å²) in [7, 11) is 3.06. The first-order valence-electron chi connectivity index (χ1n) is 9.73. The number of ether oxygens (including phenoxy) is 2.